The molecule has 25 heavy (non-hydrogen) atoms. The van der Waals surface area contributed by atoms with Crippen LogP contribution in [0, 0.1) is 5.82 Å². The number of nitrogens with one attached hydrogen (secondary N) is 2. The topological polar surface area (TPSA) is 41.9 Å². The average Bonchev–Trinajstić information content (AvgIpc) is 3.04. The Hall–Kier alpha value is -2.44. The summed E-state index contributed by atoms with van der Waals surface area (Å²) in [5, 5.41) is 11.3. The number of hydrogen-bond donors (Lipinski definition) is 2. The summed E-state index contributed by atoms with van der Waals surface area (Å²) < 4.78 is 15.4. The van der Waals surface area contributed by atoms with Gasteiger partial charge in [-0.2, -0.15) is 5.10 Å². The quantitative estimate of drug-likeness (QED) is 0.656. The number of aromatic nitrogens is 2. The van der Waals surface area contributed by atoms with Crippen molar-refractivity contribution >= 4 is 34.7 Å². The van der Waals surface area contributed by atoms with E-state index >= 15 is 0 Å². The van der Waals surface area contributed by atoms with Gasteiger partial charge in [0, 0.05) is 29.4 Å². The van der Waals surface area contributed by atoms with Gasteiger partial charge in [-0.1, -0.05) is 48.0 Å². The normalized spacial score (nSPS) is 10.5. The molecule has 2 aromatic carbocycles. The van der Waals surface area contributed by atoms with Crippen LogP contribution in [0.4, 0.5) is 10.2 Å². The molecule has 0 aliphatic carbocycles. The second kappa shape index (κ2) is 8.09. The second-order valence-corrected chi connectivity index (χ2v) is 6.21. The highest BCUT2D eigenvalue weighted by Crippen LogP contribution is 2.20. The van der Waals surface area contributed by atoms with E-state index in [4.69, 9.17) is 23.8 Å². The number of halogens is 2. The first kappa shape index (κ1) is 17.4. The van der Waals surface area contributed by atoms with E-state index in [2.05, 4.69) is 15.7 Å². The van der Waals surface area contributed by atoms with Crippen LogP contribution in [0.3, 0.4) is 0 Å². The molecule has 0 bridgehead atoms. The van der Waals surface area contributed by atoms with Crippen LogP contribution in [-0.4, -0.2) is 14.9 Å². The van der Waals surface area contributed by atoms with Gasteiger partial charge in [0.05, 0.1) is 6.54 Å². The molecule has 128 valence electrons. The lowest BCUT2D eigenvalue weighted by Gasteiger charge is -2.09. The summed E-state index contributed by atoms with van der Waals surface area (Å²) in [5.41, 5.74) is 1.54. The van der Waals surface area contributed by atoms with E-state index in [-0.39, 0.29) is 12.4 Å². The molecule has 1 heterocycles. The Morgan fingerprint density at radius 2 is 1.92 bits per heavy atom. The molecule has 0 spiro atoms. The van der Waals surface area contributed by atoms with Crippen LogP contribution in [0.5, 0.6) is 0 Å². The first-order valence-corrected chi connectivity index (χ1v) is 8.45. The minimum Gasteiger partial charge on any atom is -0.358 e. The lowest BCUT2D eigenvalue weighted by Crippen LogP contribution is -2.28. The van der Waals surface area contributed by atoms with Gasteiger partial charge in [-0.3, -0.25) is 4.68 Å². The molecule has 1 aromatic heterocycles. The Bertz CT molecular complexity index is 846. The summed E-state index contributed by atoms with van der Waals surface area (Å²) >= 11 is 11.3. The van der Waals surface area contributed by atoms with E-state index in [9.17, 15) is 4.39 Å². The largest absolute Gasteiger partial charge is 0.358 e. The molecule has 7 heteroatoms. The summed E-state index contributed by atoms with van der Waals surface area (Å²) in [4.78, 5) is 0. The Morgan fingerprint density at radius 1 is 1.12 bits per heavy atom. The maximum Gasteiger partial charge on any atom is 0.172 e. The van der Waals surface area contributed by atoms with Crippen LogP contribution in [0.1, 0.15) is 11.1 Å². The zero-order valence-electron chi connectivity index (χ0n) is 13.2. The van der Waals surface area contributed by atoms with E-state index in [1.807, 2.05) is 30.3 Å². The van der Waals surface area contributed by atoms with Crippen LogP contribution >= 0.6 is 23.8 Å². The highest BCUT2D eigenvalue weighted by Gasteiger charge is 2.09. The van der Waals surface area contributed by atoms with Crippen molar-refractivity contribution < 1.29 is 4.39 Å². The van der Waals surface area contributed by atoms with E-state index in [0.717, 1.165) is 5.56 Å². The van der Waals surface area contributed by atoms with Gasteiger partial charge in [0.2, 0.25) is 0 Å². The summed E-state index contributed by atoms with van der Waals surface area (Å²) in [6.45, 7) is 0.871. The molecule has 3 aromatic rings. The van der Waals surface area contributed by atoms with Crippen molar-refractivity contribution in [1.82, 2.24) is 15.1 Å². The molecule has 4 nitrogen and oxygen atoms in total. The predicted octanol–water partition coefficient (Wildman–Crippen LogP) is 4.21. The first-order valence-electron chi connectivity index (χ1n) is 7.67. The fourth-order valence-corrected chi connectivity index (χ4v) is 2.70. The van der Waals surface area contributed by atoms with E-state index in [1.165, 1.54) is 6.07 Å². The molecule has 0 unspecified atom stereocenters. The zero-order valence-corrected chi connectivity index (χ0v) is 14.8. The van der Waals surface area contributed by atoms with Gasteiger partial charge >= 0.3 is 0 Å². The molecule has 3 rings (SSSR count). The van der Waals surface area contributed by atoms with Crippen LogP contribution in [0.2, 0.25) is 5.02 Å². The Morgan fingerprint density at radius 3 is 2.68 bits per heavy atom. The number of anilines is 1. The minimum atomic E-state index is -0.349. The standard InChI is InChI=1S/C18H16ClFN4S/c19-15-7-4-8-16(20)14(15)12-24-10-9-17(23-24)22-18(25)21-11-13-5-2-1-3-6-13/h1-10H,11-12H2,(H2,21,22,23,25). The van der Waals surface area contributed by atoms with E-state index in [0.29, 0.717) is 28.1 Å². The Labute approximate surface area is 155 Å². The van der Waals surface area contributed by atoms with Crippen LogP contribution in [0.15, 0.2) is 60.8 Å². The number of benzene rings is 2. The Balaban J connectivity index is 1.57. The molecule has 0 fully saturated rings. The summed E-state index contributed by atoms with van der Waals surface area (Å²) in [6.07, 6.45) is 1.74. The molecule has 0 amide bonds. The average molecular weight is 375 g/mol. The fourth-order valence-electron chi connectivity index (χ4n) is 2.30. The van der Waals surface area contributed by atoms with Crippen LogP contribution in [0.25, 0.3) is 0 Å². The van der Waals surface area contributed by atoms with Gasteiger partial charge in [-0.15, -0.1) is 0 Å². The highest BCUT2D eigenvalue weighted by atomic mass is 35.5. The van der Waals surface area contributed by atoms with Gasteiger partial charge in [-0.25, -0.2) is 4.39 Å². The first-order chi connectivity index (χ1) is 12.1. The second-order valence-electron chi connectivity index (χ2n) is 5.39. The maximum atomic E-state index is 13.8. The number of thiocarbonyl (C=S) groups is 1. The number of nitrogens with zero attached hydrogens (tertiary/aromatic N) is 2. The third kappa shape index (κ3) is 4.78. The van der Waals surface area contributed by atoms with Crippen molar-refractivity contribution in [2.75, 3.05) is 5.32 Å². The third-order valence-corrected chi connectivity index (χ3v) is 4.16. The van der Waals surface area contributed by atoms with Crippen molar-refractivity contribution in [2.24, 2.45) is 0 Å². The monoisotopic (exact) mass is 374 g/mol. The van der Waals surface area contributed by atoms with E-state index in [1.54, 1.807) is 29.1 Å². The number of rotatable bonds is 5. The Kier molecular flexibility index (Phi) is 5.63. The minimum absolute atomic E-state index is 0.247. The van der Waals surface area contributed by atoms with Gasteiger partial charge in [0.25, 0.3) is 0 Å². The van der Waals surface area contributed by atoms with Gasteiger partial charge in [0.1, 0.15) is 5.82 Å². The van der Waals surface area contributed by atoms with Gasteiger partial charge < -0.3 is 10.6 Å². The summed E-state index contributed by atoms with van der Waals surface area (Å²) in [5.74, 6) is 0.232. The van der Waals surface area contributed by atoms with Gasteiger partial charge in [0.15, 0.2) is 10.9 Å². The molecule has 0 saturated carbocycles. The van der Waals surface area contributed by atoms with Crippen molar-refractivity contribution in [2.45, 2.75) is 13.1 Å². The highest BCUT2D eigenvalue weighted by molar-refractivity contribution is 7.80. The maximum absolute atomic E-state index is 13.8. The zero-order chi connectivity index (χ0) is 17.6. The van der Waals surface area contributed by atoms with Crippen molar-refractivity contribution in [3.05, 3.63) is 82.8 Å². The van der Waals surface area contributed by atoms with E-state index < -0.39 is 0 Å². The summed E-state index contributed by atoms with van der Waals surface area (Å²) in [7, 11) is 0. The lowest BCUT2D eigenvalue weighted by molar-refractivity contribution is 0.586. The molecular weight excluding hydrogens is 359 g/mol. The number of hydrogen-bond acceptors (Lipinski definition) is 2. The molecule has 2 N–H and O–H groups in total. The fraction of sp³-hybridized carbons (Fsp3) is 0.111. The predicted molar refractivity (Wildman–Crippen MR) is 102 cm³/mol. The van der Waals surface area contributed by atoms with Crippen LogP contribution < -0.4 is 10.6 Å². The lowest BCUT2D eigenvalue weighted by atomic mass is 10.2. The molecular formula is C18H16ClFN4S. The van der Waals surface area contributed by atoms with Gasteiger partial charge in [-0.05, 0) is 29.9 Å². The molecule has 0 aliphatic rings. The SMILES string of the molecule is Fc1cccc(Cl)c1Cn1ccc(NC(=S)NCc2ccccc2)n1. The smallest absolute Gasteiger partial charge is 0.172 e. The molecule has 0 aliphatic heterocycles. The van der Waals surface area contributed by atoms with Crippen molar-refractivity contribution in [3.63, 3.8) is 0 Å². The summed E-state index contributed by atoms with van der Waals surface area (Å²) in [6, 6.07) is 16.3. The van der Waals surface area contributed by atoms with Crippen LogP contribution in [-0.2, 0) is 13.1 Å². The van der Waals surface area contributed by atoms with Crippen molar-refractivity contribution in [3.8, 4) is 0 Å². The van der Waals surface area contributed by atoms with Crippen molar-refractivity contribution in [1.29, 1.82) is 0 Å². The third-order valence-electron chi connectivity index (χ3n) is 3.56. The molecule has 0 atom stereocenters. The molecule has 0 radical (unpaired) electrons. The molecule has 0 saturated heterocycles.